The molecule has 1 aromatic carbocycles. The summed E-state index contributed by atoms with van der Waals surface area (Å²) < 4.78 is 13.0. The number of nitrogens with zero attached hydrogens (tertiary/aromatic N) is 1. The van der Waals surface area contributed by atoms with Crippen LogP contribution in [0.25, 0.3) is 0 Å². The Balaban J connectivity index is 2.05. The molecule has 2 N–H and O–H groups in total. The Bertz CT molecular complexity index is 572. The Morgan fingerprint density at radius 2 is 1.91 bits per heavy atom. The van der Waals surface area contributed by atoms with Gasteiger partial charge in [-0.3, -0.25) is 4.98 Å². The number of rotatable bonds is 8. The molecule has 0 saturated heterocycles. The molecule has 0 spiro atoms. The smallest absolute Gasteiger partial charge is 0.141 e. The average molecular weight is 316 g/mol. The summed E-state index contributed by atoms with van der Waals surface area (Å²) in [7, 11) is 0. The highest BCUT2D eigenvalue weighted by Crippen LogP contribution is 2.22. The Labute approximate surface area is 137 Å². The van der Waals surface area contributed by atoms with Crippen LogP contribution in [0.5, 0.6) is 0 Å². The van der Waals surface area contributed by atoms with Crippen LogP contribution in [0.4, 0.5) is 4.39 Å². The van der Waals surface area contributed by atoms with Gasteiger partial charge in [0, 0.05) is 12.6 Å². The van der Waals surface area contributed by atoms with Gasteiger partial charge in [0.1, 0.15) is 5.82 Å². The fourth-order valence-electron chi connectivity index (χ4n) is 2.81. The quantitative estimate of drug-likeness (QED) is 0.778. The minimum Gasteiger partial charge on any atom is -0.393 e. The van der Waals surface area contributed by atoms with Crippen LogP contribution < -0.4 is 5.32 Å². The lowest BCUT2D eigenvalue weighted by Crippen LogP contribution is -2.28. The molecule has 1 heterocycles. The lowest BCUT2D eigenvalue weighted by atomic mass is 9.93. The zero-order valence-electron chi connectivity index (χ0n) is 13.7. The van der Waals surface area contributed by atoms with E-state index in [0.717, 1.165) is 18.7 Å². The first-order chi connectivity index (χ1) is 11.1. The van der Waals surface area contributed by atoms with Crippen molar-refractivity contribution in [3.05, 3.63) is 65.7 Å². The molecule has 2 aromatic rings. The SMILES string of the molecule is CCC(NCC(CC(C)O)c1ccccc1)c1ccc(F)cn1. The minimum atomic E-state index is -0.356. The van der Waals surface area contributed by atoms with E-state index in [1.807, 2.05) is 25.1 Å². The maximum Gasteiger partial charge on any atom is 0.141 e. The molecule has 0 saturated carbocycles. The number of hydrogen-bond donors (Lipinski definition) is 2. The van der Waals surface area contributed by atoms with Crippen LogP contribution >= 0.6 is 0 Å². The van der Waals surface area contributed by atoms with Crippen LogP contribution in [0.2, 0.25) is 0 Å². The third-order valence-electron chi connectivity index (χ3n) is 4.02. The van der Waals surface area contributed by atoms with Gasteiger partial charge in [-0.25, -0.2) is 4.39 Å². The van der Waals surface area contributed by atoms with Crippen molar-refractivity contribution in [1.82, 2.24) is 10.3 Å². The van der Waals surface area contributed by atoms with Gasteiger partial charge in [-0.1, -0.05) is 37.3 Å². The summed E-state index contributed by atoms with van der Waals surface area (Å²) in [6.45, 7) is 4.64. The van der Waals surface area contributed by atoms with Gasteiger partial charge in [0.2, 0.25) is 0 Å². The third-order valence-corrected chi connectivity index (χ3v) is 4.02. The molecule has 0 aliphatic heterocycles. The maximum absolute atomic E-state index is 13.0. The van der Waals surface area contributed by atoms with E-state index in [2.05, 4.69) is 29.4 Å². The van der Waals surface area contributed by atoms with E-state index >= 15 is 0 Å². The number of aliphatic hydroxyl groups is 1. The van der Waals surface area contributed by atoms with E-state index in [1.165, 1.54) is 17.8 Å². The lowest BCUT2D eigenvalue weighted by molar-refractivity contribution is 0.172. The lowest BCUT2D eigenvalue weighted by Gasteiger charge is -2.23. The van der Waals surface area contributed by atoms with Gasteiger partial charge in [-0.15, -0.1) is 0 Å². The van der Waals surface area contributed by atoms with E-state index in [9.17, 15) is 9.50 Å². The molecule has 0 aliphatic carbocycles. The van der Waals surface area contributed by atoms with Crippen molar-refractivity contribution in [3.63, 3.8) is 0 Å². The Hall–Kier alpha value is -1.78. The first-order valence-electron chi connectivity index (χ1n) is 8.18. The van der Waals surface area contributed by atoms with Gasteiger partial charge in [-0.05, 0) is 43.4 Å². The fourth-order valence-corrected chi connectivity index (χ4v) is 2.81. The number of pyridine rings is 1. The van der Waals surface area contributed by atoms with Crippen molar-refractivity contribution in [1.29, 1.82) is 0 Å². The van der Waals surface area contributed by atoms with Crippen molar-refractivity contribution in [2.45, 2.75) is 44.8 Å². The van der Waals surface area contributed by atoms with Crippen molar-refractivity contribution in [2.75, 3.05) is 6.54 Å². The predicted molar refractivity (Wildman–Crippen MR) is 90.7 cm³/mol. The molecule has 0 aliphatic rings. The maximum atomic E-state index is 13.0. The second-order valence-electron chi connectivity index (χ2n) is 5.96. The molecular weight excluding hydrogens is 291 g/mol. The first kappa shape index (κ1) is 17.6. The number of aromatic nitrogens is 1. The molecule has 3 nitrogen and oxygen atoms in total. The second-order valence-corrected chi connectivity index (χ2v) is 5.96. The van der Waals surface area contributed by atoms with Gasteiger partial charge in [-0.2, -0.15) is 0 Å². The predicted octanol–water partition coefficient (Wildman–Crippen LogP) is 3.82. The molecule has 1 aromatic heterocycles. The highest BCUT2D eigenvalue weighted by atomic mass is 19.1. The van der Waals surface area contributed by atoms with Crippen molar-refractivity contribution >= 4 is 0 Å². The van der Waals surface area contributed by atoms with Gasteiger partial charge in [0.15, 0.2) is 0 Å². The Kier molecular flexibility index (Phi) is 6.68. The monoisotopic (exact) mass is 316 g/mol. The van der Waals surface area contributed by atoms with Crippen LogP contribution in [-0.4, -0.2) is 22.7 Å². The third kappa shape index (κ3) is 5.41. The molecular formula is C19H25FN2O. The molecule has 0 bridgehead atoms. The van der Waals surface area contributed by atoms with Gasteiger partial charge in [0.05, 0.1) is 18.0 Å². The van der Waals surface area contributed by atoms with E-state index in [0.29, 0.717) is 6.42 Å². The molecule has 0 radical (unpaired) electrons. The molecule has 3 atom stereocenters. The van der Waals surface area contributed by atoms with Crippen LogP contribution in [-0.2, 0) is 0 Å². The van der Waals surface area contributed by atoms with Gasteiger partial charge >= 0.3 is 0 Å². The van der Waals surface area contributed by atoms with E-state index in [-0.39, 0.29) is 23.9 Å². The fraction of sp³-hybridized carbons (Fsp3) is 0.421. The first-order valence-corrected chi connectivity index (χ1v) is 8.18. The number of benzene rings is 1. The highest BCUT2D eigenvalue weighted by Gasteiger charge is 2.17. The minimum absolute atomic E-state index is 0.0795. The molecule has 2 rings (SSSR count). The molecule has 3 unspecified atom stereocenters. The van der Waals surface area contributed by atoms with E-state index < -0.39 is 0 Å². The number of hydrogen-bond acceptors (Lipinski definition) is 3. The summed E-state index contributed by atoms with van der Waals surface area (Å²) in [6.07, 6.45) is 2.47. The van der Waals surface area contributed by atoms with Crippen LogP contribution in [0.1, 0.15) is 49.9 Å². The summed E-state index contributed by atoms with van der Waals surface area (Å²) in [6, 6.07) is 13.5. The molecule has 23 heavy (non-hydrogen) atoms. The number of aliphatic hydroxyl groups excluding tert-OH is 1. The van der Waals surface area contributed by atoms with E-state index in [4.69, 9.17) is 0 Å². The van der Waals surface area contributed by atoms with Crippen LogP contribution in [0.3, 0.4) is 0 Å². The van der Waals surface area contributed by atoms with Gasteiger partial charge < -0.3 is 10.4 Å². The largest absolute Gasteiger partial charge is 0.393 e. The summed E-state index contributed by atoms with van der Waals surface area (Å²) in [4.78, 5) is 4.17. The molecule has 4 heteroatoms. The molecule has 0 amide bonds. The van der Waals surface area contributed by atoms with Crippen molar-refractivity contribution in [3.8, 4) is 0 Å². The van der Waals surface area contributed by atoms with E-state index in [1.54, 1.807) is 6.07 Å². The Morgan fingerprint density at radius 3 is 2.48 bits per heavy atom. The topological polar surface area (TPSA) is 45.1 Å². The van der Waals surface area contributed by atoms with Crippen LogP contribution in [0, 0.1) is 5.82 Å². The number of halogens is 1. The average Bonchev–Trinajstić information content (AvgIpc) is 2.56. The number of nitrogens with one attached hydrogen (secondary N) is 1. The highest BCUT2D eigenvalue weighted by molar-refractivity contribution is 5.20. The summed E-state index contributed by atoms with van der Waals surface area (Å²) >= 11 is 0. The zero-order valence-corrected chi connectivity index (χ0v) is 13.7. The van der Waals surface area contributed by atoms with Crippen LogP contribution in [0.15, 0.2) is 48.7 Å². The van der Waals surface area contributed by atoms with Crippen molar-refractivity contribution in [2.24, 2.45) is 0 Å². The Morgan fingerprint density at radius 1 is 1.17 bits per heavy atom. The zero-order chi connectivity index (χ0) is 16.7. The standard InChI is InChI=1S/C19H25FN2O/c1-3-18(19-10-9-17(20)13-22-19)21-12-16(11-14(2)23)15-7-5-4-6-8-15/h4-10,13-14,16,18,21,23H,3,11-12H2,1-2H3. The van der Waals surface area contributed by atoms with Gasteiger partial charge in [0.25, 0.3) is 0 Å². The summed E-state index contributed by atoms with van der Waals surface area (Å²) in [5.74, 6) is -0.0921. The van der Waals surface area contributed by atoms with Crippen molar-refractivity contribution < 1.29 is 9.50 Å². The summed E-state index contributed by atoms with van der Waals surface area (Å²) in [5.41, 5.74) is 2.06. The summed E-state index contributed by atoms with van der Waals surface area (Å²) in [5, 5.41) is 13.3. The second kappa shape index (κ2) is 8.75. The molecule has 0 fully saturated rings. The normalized spacial score (nSPS) is 15.1. The molecule has 124 valence electrons.